The summed E-state index contributed by atoms with van der Waals surface area (Å²) in [5.41, 5.74) is 3.37. The molecular weight excluding hydrogens is 276 g/mol. The van der Waals surface area contributed by atoms with Crippen LogP contribution in [0.4, 0.5) is 0 Å². The van der Waals surface area contributed by atoms with E-state index in [1.54, 1.807) is 0 Å². The number of ketones is 2. The number of aryl methyl sites for hydroxylation is 2. The second-order valence-electron chi connectivity index (χ2n) is 6.01. The first-order valence-corrected chi connectivity index (χ1v) is 8.16. The van der Waals surface area contributed by atoms with Crippen LogP contribution in [0, 0.1) is 0 Å². The summed E-state index contributed by atoms with van der Waals surface area (Å²) in [6.45, 7) is 5.79. The van der Waals surface area contributed by atoms with Crippen molar-refractivity contribution in [1.29, 1.82) is 0 Å². The molecule has 0 heterocycles. The van der Waals surface area contributed by atoms with Gasteiger partial charge in [0.2, 0.25) is 11.6 Å². The molecule has 3 nitrogen and oxygen atoms in total. The average Bonchev–Trinajstić information content (AvgIpc) is 2.54. The van der Waals surface area contributed by atoms with Crippen LogP contribution in [0.3, 0.4) is 0 Å². The standard InChI is InChI=1S/C19H24O3/c1-4-6-8-13-10-15-16(11-14(13)9-7-5-2)19(22)18(21)12(3)17(15)20/h10-11,20H,4-9H2,1-3H3. The van der Waals surface area contributed by atoms with Crippen molar-refractivity contribution in [3.05, 3.63) is 40.0 Å². The molecule has 0 aromatic heterocycles. The van der Waals surface area contributed by atoms with Crippen LogP contribution in [0.2, 0.25) is 0 Å². The molecular formula is C19H24O3. The monoisotopic (exact) mass is 300 g/mol. The smallest absolute Gasteiger partial charge is 0.234 e. The van der Waals surface area contributed by atoms with Crippen molar-refractivity contribution >= 4 is 17.3 Å². The van der Waals surface area contributed by atoms with E-state index in [1.807, 2.05) is 12.1 Å². The zero-order valence-electron chi connectivity index (χ0n) is 13.7. The van der Waals surface area contributed by atoms with E-state index in [1.165, 1.54) is 12.5 Å². The number of Topliss-reactive ketones (excluding diaryl/α,β-unsaturated/α-hetero) is 2. The lowest BCUT2D eigenvalue weighted by molar-refractivity contribution is -0.111. The quantitative estimate of drug-likeness (QED) is 0.791. The molecule has 1 N–H and O–H groups in total. The molecule has 1 aromatic rings. The van der Waals surface area contributed by atoms with Gasteiger partial charge in [-0.1, -0.05) is 26.7 Å². The molecule has 0 spiro atoms. The molecule has 0 aliphatic heterocycles. The Morgan fingerprint density at radius 1 is 0.864 bits per heavy atom. The minimum Gasteiger partial charge on any atom is -0.507 e. The lowest BCUT2D eigenvalue weighted by Crippen LogP contribution is -2.23. The van der Waals surface area contributed by atoms with Crippen LogP contribution in [-0.4, -0.2) is 16.7 Å². The van der Waals surface area contributed by atoms with Gasteiger partial charge in [0.05, 0.1) is 0 Å². The second kappa shape index (κ2) is 6.91. The lowest BCUT2D eigenvalue weighted by atomic mass is 9.84. The number of hydrogen-bond donors (Lipinski definition) is 1. The van der Waals surface area contributed by atoms with Crippen molar-refractivity contribution in [3.8, 4) is 0 Å². The number of benzene rings is 1. The number of hydrogen-bond acceptors (Lipinski definition) is 3. The van der Waals surface area contributed by atoms with Crippen molar-refractivity contribution in [2.24, 2.45) is 0 Å². The summed E-state index contributed by atoms with van der Waals surface area (Å²) in [7, 11) is 0. The highest BCUT2D eigenvalue weighted by molar-refractivity contribution is 6.52. The topological polar surface area (TPSA) is 54.4 Å². The minimum atomic E-state index is -0.590. The first-order chi connectivity index (χ1) is 10.5. The molecule has 0 unspecified atom stereocenters. The summed E-state index contributed by atoms with van der Waals surface area (Å²) in [6, 6.07) is 3.75. The van der Waals surface area contributed by atoms with Crippen molar-refractivity contribution in [2.75, 3.05) is 0 Å². The molecule has 0 amide bonds. The van der Waals surface area contributed by atoms with Gasteiger partial charge in [0.15, 0.2) is 0 Å². The normalized spacial score (nSPS) is 14.5. The van der Waals surface area contributed by atoms with Gasteiger partial charge in [-0.15, -0.1) is 0 Å². The van der Waals surface area contributed by atoms with Crippen molar-refractivity contribution in [3.63, 3.8) is 0 Å². The van der Waals surface area contributed by atoms with Crippen LogP contribution in [0.1, 0.15) is 73.5 Å². The van der Waals surface area contributed by atoms with E-state index in [0.717, 1.165) is 44.1 Å². The van der Waals surface area contributed by atoms with Gasteiger partial charge >= 0.3 is 0 Å². The van der Waals surface area contributed by atoms with Gasteiger partial charge in [0.1, 0.15) is 5.76 Å². The maximum absolute atomic E-state index is 12.2. The first-order valence-electron chi connectivity index (χ1n) is 8.16. The van der Waals surface area contributed by atoms with Crippen LogP contribution >= 0.6 is 0 Å². The van der Waals surface area contributed by atoms with Gasteiger partial charge in [-0.05, 0) is 55.9 Å². The van der Waals surface area contributed by atoms with Gasteiger partial charge in [-0.2, -0.15) is 0 Å². The van der Waals surface area contributed by atoms with Crippen molar-refractivity contribution < 1.29 is 14.7 Å². The highest BCUT2D eigenvalue weighted by Crippen LogP contribution is 2.31. The number of carbonyl (C=O) groups excluding carboxylic acids is 2. The summed E-state index contributed by atoms with van der Waals surface area (Å²) >= 11 is 0. The number of fused-ring (bicyclic) bond motifs is 1. The highest BCUT2D eigenvalue weighted by atomic mass is 16.3. The van der Waals surface area contributed by atoms with E-state index >= 15 is 0 Å². The van der Waals surface area contributed by atoms with E-state index in [9.17, 15) is 14.7 Å². The van der Waals surface area contributed by atoms with Gasteiger partial charge in [0, 0.05) is 16.7 Å². The number of carbonyl (C=O) groups is 2. The molecule has 22 heavy (non-hydrogen) atoms. The van der Waals surface area contributed by atoms with E-state index in [-0.39, 0.29) is 11.3 Å². The van der Waals surface area contributed by atoms with Crippen LogP contribution in [0.15, 0.2) is 17.7 Å². The summed E-state index contributed by atoms with van der Waals surface area (Å²) in [5.74, 6) is -1.13. The molecule has 1 aliphatic rings. The van der Waals surface area contributed by atoms with E-state index < -0.39 is 11.6 Å². The maximum Gasteiger partial charge on any atom is 0.234 e. The Bertz CT molecular complexity index is 638. The summed E-state index contributed by atoms with van der Waals surface area (Å²) < 4.78 is 0. The Morgan fingerprint density at radius 3 is 1.86 bits per heavy atom. The zero-order chi connectivity index (χ0) is 16.3. The molecule has 118 valence electrons. The second-order valence-corrected chi connectivity index (χ2v) is 6.01. The molecule has 0 radical (unpaired) electrons. The minimum absolute atomic E-state index is 0.0422. The van der Waals surface area contributed by atoms with Crippen LogP contribution in [0.5, 0.6) is 0 Å². The first kappa shape index (κ1) is 16.5. The van der Waals surface area contributed by atoms with Gasteiger partial charge < -0.3 is 5.11 Å². The average molecular weight is 300 g/mol. The zero-order valence-corrected chi connectivity index (χ0v) is 13.7. The molecule has 0 fully saturated rings. The molecule has 0 saturated heterocycles. The third kappa shape index (κ3) is 2.99. The number of aliphatic hydroxyl groups is 1. The number of allylic oxidation sites excluding steroid dienone is 1. The Kier molecular flexibility index (Phi) is 5.17. The summed E-state index contributed by atoms with van der Waals surface area (Å²) in [6.07, 6.45) is 6.17. The fourth-order valence-corrected chi connectivity index (χ4v) is 2.88. The fraction of sp³-hybridized carbons (Fsp3) is 0.474. The Labute approximate surface area is 132 Å². The molecule has 0 atom stereocenters. The van der Waals surface area contributed by atoms with E-state index in [2.05, 4.69) is 13.8 Å². The third-order valence-corrected chi connectivity index (χ3v) is 4.34. The number of rotatable bonds is 6. The third-order valence-electron chi connectivity index (χ3n) is 4.34. The molecule has 0 saturated carbocycles. The largest absolute Gasteiger partial charge is 0.507 e. The van der Waals surface area contributed by atoms with Gasteiger partial charge in [0.25, 0.3) is 0 Å². The van der Waals surface area contributed by atoms with Crippen LogP contribution in [-0.2, 0) is 17.6 Å². The Hall–Kier alpha value is -1.90. The Balaban J connectivity index is 2.54. The molecule has 3 heteroatoms. The fourth-order valence-electron chi connectivity index (χ4n) is 2.88. The van der Waals surface area contributed by atoms with Crippen LogP contribution in [0.25, 0.3) is 5.76 Å². The highest BCUT2D eigenvalue weighted by Gasteiger charge is 2.31. The molecule has 1 aliphatic carbocycles. The Morgan fingerprint density at radius 2 is 1.36 bits per heavy atom. The SMILES string of the molecule is CCCCc1cc2c(cc1CCCC)C(O)=C(C)C(=O)C2=O. The van der Waals surface area contributed by atoms with E-state index in [0.29, 0.717) is 11.1 Å². The molecule has 2 rings (SSSR count). The lowest BCUT2D eigenvalue weighted by Gasteiger charge is -2.19. The summed E-state index contributed by atoms with van der Waals surface area (Å²) in [4.78, 5) is 24.1. The maximum atomic E-state index is 12.2. The van der Waals surface area contributed by atoms with Crippen molar-refractivity contribution in [2.45, 2.75) is 59.3 Å². The predicted octanol–water partition coefficient (Wildman–Crippen LogP) is 4.43. The predicted molar refractivity (Wildman–Crippen MR) is 88.2 cm³/mol. The van der Waals surface area contributed by atoms with Gasteiger partial charge in [-0.3, -0.25) is 9.59 Å². The van der Waals surface area contributed by atoms with Crippen LogP contribution < -0.4 is 0 Å². The molecule has 1 aromatic carbocycles. The number of unbranched alkanes of at least 4 members (excludes halogenated alkanes) is 2. The number of aliphatic hydroxyl groups excluding tert-OH is 1. The van der Waals surface area contributed by atoms with Crippen molar-refractivity contribution in [1.82, 2.24) is 0 Å². The summed E-state index contributed by atoms with van der Waals surface area (Å²) in [5, 5.41) is 10.2. The van der Waals surface area contributed by atoms with E-state index in [4.69, 9.17) is 0 Å². The van der Waals surface area contributed by atoms with Gasteiger partial charge in [-0.25, -0.2) is 0 Å². The molecule has 0 bridgehead atoms.